The number of aliphatic hydroxyl groups excluding tert-OH is 1. The Bertz CT molecular complexity index is 389. The summed E-state index contributed by atoms with van der Waals surface area (Å²) < 4.78 is 0. The van der Waals surface area contributed by atoms with Crippen LogP contribution in [0.4, 0.5) is 5.69 Å². The molecule has 0 saturated heterocycles. The monoisotopic (exact) mass is 279 g/mol. The van der Waals surface area contributed by atoms with Crippen molar-refractivity contribution in [1.82, 2.24) is 0 Å². The molecule has 0 aliphatic heterocycles. The quantitative estimate of drug-likeness (QED) is 0.395. The molecule has 0 heterocycles. The van der Waals surface area contributed by atoms with Crippen LogP contribution in [0.1, 0.15) is 57.4 Å². The summed E-state index contributed by atoms with van der Waals surface area (Å²) in [6.07, 6.45) is 8.36. The highest BCUT2D eigenvalue weighted by Crippen LogP contribution is 2.15. The summed E-state index contributed by atoms with van der Waals surface area (Å²) in [7, 11) is 0. The fourth-order valence-corrected chi connectivity index (χ4v) is 2.29. The van der Waals surface area contributed by atoms with Crippen LogP contribution in [0.3, 0.4) is 0 Å². The van der Waals surface area contributed by atoms with Gasteiger partial charge < -0.3 is 5.11 Å². The van der Waals surface area contributed by atoms with E-state index in [-0.39, 0.29) is 11.8 Å². The van der Waals surface area contributed by atoms with E-state index < -0.39 is 4.92 Å². The third-order valence-corrected chi connectivity index (χ3v) is 3.51. The lowest BCUT2D eigenvalue weighted by molar-refractivity contribution is -0.384. The summed E-state index contributed by atoms with van der Waals surface area (Å²) in [6.45, 7) is 2.20. The third-order valence-electron chi connectivity index (χ3n) is 3.51. The second kappa shape index (κ2) is 9.48. The molecule has 1 rings (SSSR count). The molecule has 0 amide bonds. The van der Waals surface area contributed by atoms with Gasteiger partial charge in [-0.15, -0.1) is 0 Å². The van der Waals surface area contributed by atoms with Gasteiger partial charge in [-0.1, -0.05) is 57.6 Å². The van der Waals surface area contributed by atoms with Crippen LogP contribution in [0, 0.1) is 10.1 Å². The molecular formula is C16H25NO3. The number of nitro benzene ring substituents is 1. The molecule has 1 atom stereocenters. The molecule has 0 fully saturated rings. The Hall–Kier alpha value is -1.42. The van der Waals surface area contributed by atoms with Crippen molar-refractivity contribution in [1.29, 1.82) is 0 Å². The van der Waals surface area contributed by atoms with Gasteiger partial charge in [-0.05, 0) is 18.4 Å². The number of hydrogen-bond acceptors (Lipinski definition) is 3. The molecule has 0 radical (unpaired) electrons. The summed E-state index contributed by atoms with van der Waals surface area (Å²) in [5.74, 6) is 0. The highest BCUT2D eigenvalue weighted by molar-refractivity contribution is 5.33. The number of hydrogen-bond donors (Lipinski definition) is 1. The van der Waals surface area contributed by atoms with E-state index in [2.05, 4.69) is 6.92 Å². The van der Waals surface area contributed by atoms with Crippen molar-refractivity contribution in [2.75, 3.05) is 0 Å². The van der Waals surface area contributed by atoms with Crippen molar-refractivity contribution < 1.29 is 10.0 Å². The molecule has 1 N–H and O–H groups in total. The zero-order chi connectivity index (χ0) is 14.8. The summed E-state index contributed by atoms with van der Waals surface area (Å²) >= 11 is 0. The molecule has 0 aromatic heterocycles. The Balaban J connectivity index is 2.21. The van der Waals surface area contributed by atoms with Gasteiger partial charge in [0, 0.05) is 12.1 Å². The molecule has 0 saturated carbocycles. The summed E-state index contributed by atoms with van der Waals surface area (Å²) in [5.41, 5.74) is 1.05. The number of aliphatic hydroxyl groups is 1. The number of unbranched alkanes of at least 4 members (excludes halogenated alkanes) is 5. The molecule has 20 heavy (non-hydrogen) atoms. The highest BCUT2D eigenvalue weighted by Gasteiger charge is 2.08. The predicted octanol–water partition coefficient (Wildman–Crippen LogP) is 4.25. The van der Waals surface area contributed by atoms with E-state index in [0.29, 0.717) is 6.42 Å². The second-order valence-corrected chi connectivity index (χ2v) is 5.34. The van der Waals surface area contributed by atoms with Gasteiger partial charge in [-0.3, -0.25) is 10.1 Å². The average Bonchev–Trinajstić information content (AvgIpc) is 2.43. The van der Waals surface area contributed by atoms with Crippen molar-refractivity contribution in [2.24, 2.45) is 0 Å². The minimum absolute atomic E-state index is 0.0964. The van der Waals surface area contributed by atoms with Crippen molar-refractivity contribution in [3.05, 3.63) is 39.9 Å². The largest absolute Gasteiger partial charge is 0.393 e. The normalized spacial score (nSPS) is 12.3. The van der Waals surface area contributed by atoms with Gasteiger partial charge >= 0.3 is 0 Å². The van der Waals surface area contributed by atoms with Gasteiger partial charge in [-0.25, -0.2) is 0 Å². The lowest BCUT2D eigenvalue weighted by Crippen LogP contribution is -2.10. The number of non-ortho nitro benzene ring substituents is 1. The second-order valence-electron chi connectivity index (χ2n) is 5.34. The maximum atomic E-state index is 10.5. The van der Waals surface area contributed by atoms with Crippen molar-refractivity contribution in [3.8, 4) is 0 Å². The summed E-state index contributed by atoms with van der Waals surface area (Å²) in [5, 5.41) is 20.5. The molecule has 0 aliphatic carbocycles. The third kappa shape index (κ3) is 6.66. The van der Waals surface area contributed by atoms with Gasteiger partial charge in [0.05, 0.1) is 11.0 Å². The average molecular weight is 279 g/mol. The molecule has 1 aromatic rings. The lowest BCUT2D eigenvalue weighted by Gasteiger charge is -2.10. The minimum Gasteiger partial charge on any atom is -0.393 e. The maximum Gasteiger partial charge on any atom is 0.269 e. The van der Waals surface area contributed by atoms with E-state index in [4.69, 9.17) is 0 Å². The van der Waals surface area contributed by atoms with Crippen LogP contribution in [0.2, 0.25) is 0 Å². The summed E-state index contributed by atoms with van der Waals surface area (Å²) in [6, 6.07) is 6.44. The first-order valence-corrected chi connectivity index (χ1v) is 7.55. The Labute approximate surface area is 121 Å². The van der Waals surface area contributed by atoms with Gasteiger partial charge in [-0.2, -0.15) is 0 Å². The topological polar surface area (TPSA) is 63.4 Å². The fraction of sp³-hybridized carbons (Fsp3) is 0.625. The SMILES string of the molecule is CCCCCCCCC(O)Cc1ccc([N+](=O)[O-])cc1. The number of nitro groups is 1. The zero-order valence-electron chi connectivity index (χ0n) is 12.3. The number of rotatable bonds is 10. The number of nitrogens with zero attached hydrogens (tertiary/aromatic N) is 1. The first kappa shape index (κ1) is 16.6. The van der Waals surface area contributed by atoms with E-state index >= 15 is 0 Å². The molecule has 4 nitrogen and oxygen atoms in total. The van der Waals surface area contributed by atoms with Crippen LogP contribution in [-0.2, 0) is 6.42 Å². The first-order chi connectivity index (χ1) is 9.63. The smallest absolute Gasteiger partial charge is 0.269 e. The highest BCUT2D eigenvalue weighted by atomic mass is 16.6. The van der Waals surface area contributed by atoms with E-state index in [1.807, 2.05) is 0 Å². The van der Waals surface area contributed by atoms with E-state index in [9.17, 15) is 15.2 Å². The van der Waals surface area contributed by atoms with Gasteiger partial charge in [0.15, 0.2) is 0 Å². The molecular weight excluding hydrogens is 254 g/mol. The van der Waals surface area contributed by atoms with Crippen LogP contribution in [0.25, 0.3) is 0 Å². The van der Waals surface area contributed by atoms with Crippen LogP contribution in [0.5, 0.6) is 0 Å². The van der Waals surface area contributed by atoms with Crippen LogP contribution < -0.4 is 0 Å². The van der Waals surface area contributed by atoms with E-state index in [1.165, 1.54) is 44.2 Å². The summed E-state index contributed by atoms with van der Waals surface area (Å²) in [4.78, 5) is 10.1. The molecule has 112 valence electrons. The van der Waals surface area contributed by atoms with Crippen molar-refractivity contribution in [3.63, 3.8) is 0 Å². The molecule has 0 spiro atoms. The Morgan fingerprint density at radius 2 is 1.70 bits per heavy atom. The van der Waals surface area contributed by atoms with Gasteiger partial charge in [0.1, 0.15) is 0 Å². The van der Waals surface area contributed by atoms with Crippen LogP contribution in [-0.4, -0.2) is 16.1 Å². The van der Waals surface area contributed by atoms with Gasteiger partial charge in [0.25, 0.3) is 5.69 Å². The Morgan fingerprint density at radius 3 is 2.30 bits per heavy atom. The van der Waals surface area contributed by atoms with Crippen molar-refractivity contribution in [2.45, 2.75) is 64.4 Å². The van der Waals surface area contributed by atoms with Crippen molar-refractivity contribution >= 4 is 5.69 Å². The van der Waals surface area contributed by atoms with Crippen LogP contribution in [0.15, 0.2) is 24.3 Å². The lowest BCUT2D eigenvalue weighted by atomic mass is 10.0. The van der Waals surface area contributed by atoms with E-state index in [1.54, 1.807) is 12.1 Å². The predicted molar refractivity (Wildman–Crippen MR) is 80.8 cm³/mol. The first-order valence-electron chi connectivity index (χ1n) is 7.55. The van der Waals surface area contributed by atoms with Gasteiger partial charge in [0.2, 0.25) is 0 Å². The molecule has 1 unspecified atom stereocenters. The van der Waals surface area contributed by atoms with Crippen LogP contribution >= 0.6 is 0 Å². The standard InChI is InChI=1S/C16H25NO3/c1-2-3-4-5-6-7-8-16(18)13-14-9-11-15(12-10-14)17(19)20/h9-12,16,18H,2-8,13H2,1H3. The zero-order valence-corrected chi connectivity index (χ0v) is 12.3. The fourth-order valence-electron chi connectivity index (χ4n) is 2.29. The molecule has 0 aliphatic rings. The minimum atomic E-state index is -0.406. The molecule has 0 bridgehead atoms. The Morgan fingerprint density at radius 1 is 1.10 bits per heavy atom. The molecule has 4 heteroatoms. The number of benzene rings is 1. The van der Waals surface area contributed by atoms with E-state index in [0.717, 1.165) is 18.4 Å². The molecule has 1 aromatic carbocycles. The maximum absolute atomic E-state index is 10.5. The Kier molecular flexibility index (Phi) is 7.88.